The second-order valence-electron chi connectivity index (χ2n) is 3.45. The molecule has 16 heavy (non-hydrogen) atoms. The van der Waals surface area contributed by atoms with Crippen LogP contribution in [0.2, 0.25) is 0 Å². The minimum atomic E-state index is -4.30. The molecule has 0 radical (unpaired) electrons. The molecule has 1 aromatic heterocycles. The Morgan fingerprint density at radius 3 is 2.56 bits per heavy atom. The van der Waals surface area contributed by atoms with E-state index in [1.807, 2.05) is 0 Å². The average Bonchev–Trinajstić information content (AvgIpc) is 2.44. The Hall–Kier alpha value is -0.660. The van der Waals surface area contributed by atoms with E-state index in [-0.39, 0.29) is 12.6 Å². The summed E-state index contributed by atoms with van der Waals surface area (Å²) >= 11 is 1.29. The van der Waals surface area contributed by atoms with Crippen LogP contribution in [0.1, 0.15) is 28.5 Å². The summed E-state index contributed by atoms with van der Waals surface area (Å²) in [6.07, 6.45) is -4.30. The first kappa shape index (κ1) is 13.4. The molecule has 0 spiro atoms. The number of rotatable bonds is 4. The van der Waals surface area contributed by atoms with Crippen molar-refractivity contribution in [1.82, 2.24) is 4.98 Å². The predicted octanol–water partition coefficient (Wildman–Crippen LogP) is 2.55. The van der Waals surface area contributed by atoms with Gasteiger partial charge in [0.2, 0.25) is 0 Å². The second kappa shape index (κ2) is 5.11. The van der Waals surface area contributed by atoms with E-state index < -0.39 is 12.8 Å². The van der Waals surface area contributed by atoms with Gasteiger partial charge in [-0.2, -0.15) is 13.2 Å². The van der Waals surface area contributed by atoms with Crippen molar-refractivity contribution < 1.29 is 17.9 Å². The second-order valence-corrected chi connectivity index (χ2v) is 4.57. The van der Waals surface area contributed by atoms with Crippen LogP contribution in [0.4, 0.5) is 13.2 Å². The van der Waals surface area contributed by atoms with Crippen molar-refractivity contribution in [1.29, 1.82) is 0 Å². The summed E-state index contributed by atoms with van der Waals surface area (Å²) in [7, 11) is 0. The highest BCUT2D eigenvalue weighted by atomic mass is 32.1. The number of aryl methyl sites for hydroxylation is 1. The van der Waals surface area contributed by atoms with Gasteiger partial charge in [-0.1, -0.05) is 0 Å². The summed E-state index contributed by atoms with van der Waals surface area (Å²) in [5, 5.41) is 0.522. The van der Waals surface area contributed by atoms with E-state index in [0.29, 0.717) is 5.01 Å². The Labute approximate surface area is 95.4 Å². The molecule has 1 heterocycles. The van der Waals surface area contributed by atoms with Gasteiger partial charge in [0.05, 0.1) is 12.3 Å². The molecule has 0 aromatic carbocycles. The lowest BCUT2D eigenvalue weighted by Gasteiger charge is -2.05. The van der Waals surface area contributed by atoms with Crippen LogP contribution < -0.4 is 5.73 Å². The number of thiazole rings is 1. The molecule has 7 heteroatoms. The van der Waals surface area contributed by atoms with E-state index in [1.54, 1.807) is 13.8 Å². The monoisotopic (exact) mass is 254 g/mol. The highest BCUT2D eigenvalue weighted by molar-refractivity contribution is 7.11. The molecule has 0 bridgehead atoms. The fraction of sp³-hybridized carbons (Fsp3) is 0.667. The fourth-order valence-corrected chi connectivity index (χ4v) is 2.16. The molecule has 1 atom stereocenters. The number of nitrogens with two attached hydrogens (primary N) is 1. The van der Waals surface area contributed by atoms with Gasteiger partial charge in [-0.15, -0.1) is 11.3 Å². The van der Waals surface area contributed by atoms with Gasteiger partial charge in [0.15, 0.2) is 0 Å². The Kier molecular flexibility index (Phi) is 4.28. The maximum Gasteiger partial charge on any atom is 0.411 e. The van der Waals surface area contributed by atoms with Crippen molar-refractivity contribution >= 4 is 11.3 Å². The summed E-state index contributed by atoms with van der Waals surface area (Å²) in [5.74, 6) is 0. The Morgan fingerprint density at radius 2 is 2.12 bits per heavy atom. The standard InChI is InChI=1S/C9H13F3N2OS/c1-5(13)8-6(2)14-7(16-8)3-15-4-9(10,11)12/h5H,3-4,13H2,1-2H3. The maximum atomic E-state index is 11.8. The molecule has 0 fully saturated rings. The first-order valence-electron chi connectivity index (χ1n) is 4.66. The lowest BCUT2D eigenvalue weighted by molar-refractivity contribution is -0.176. The van der Waals surface area contributed by atoms with Gasteiger partial charge in [0, 0.05) is 10.9 Å². The van der Waals surface area contributed by atoms with Crippen LogP contribution in [0.5, 0.6) is 0 Å². The number of halogens is 3. The van der Waals surface area contributed by atoms with Crippen LogP contribution in [0.3, 0.4) is 0 Å². The minimum Gasteiger partial charge on any atom is -0.365 e. The zero-order valence-electron chi connectivity index (χ0n) is 8.97. The third-order valence-electron chi connectivity index (χ3n) is 1.78. The Bertz CT molecular complexity index is 349. The Morgan fingerprint density at radius 1 is 1.50 bits per heavy atom. The highest BCUT2D eigenvalue weighted by Gasteiger charge is 2.27. The van der Waals surface area contributed by atoms with Crippen LogP contribution in [-0.4, -0.2) is 17.8 Å². The molecule has 1 aromatic rings. The molecule has 2 N–H and O–H groups in total. The molecule has 1 rings (SSSR count). The third kappa shape index (κ3) is 4.07. The van der Waals surface area contributed by atoms with E-state index in [0.717, 1.165) is 10.6 Å². The SMILES string of the molecule is Cc1nc(COCC(F)(F)F)sc1C(C)N. The van der Waals surface area contributed by atoms with E-state index in [4.69, 9.17) is 5.73 Å². The van der Waals surface area contributed by atoms with E-state index in [9.17, 15) is 13.2 Å². The summed E-state index contributed by atoms with van der Waals surface area (Å²) in [6.45, 7) is 2.21. The first-order chi connectivity index (χ1) is 7.29. The van der Waals surface area contributed by atoms with Crippen molar-refractivity contribution in [3.05, 3.63) is 15.6 Å². The van der Waals surface area contributed by atoms with Crippen LogP contribution in [-0.2, 0) is 11.3 Å². The quantitative estimate of drug-likeness (QED) is 0.898. The van der Waals surface area contributed by atoms with Gasteiger partial charge in [0.25, 0.3) is 0 Å². The van der Waals surface area contributed by atoms with E-state index in [1.165, 1.54) is 11.3 Å². The first-order valence-corrected chi connectivity index (χ1v) is 5.47. The number of alkyl halides is 3. The average molecular weight is 254 g/mol. The molecule has 1 unspecified atom stereocenters. The van der Waals surface area contributed by atoms with Crippen LogP contribution >= 0.6 is 11.3 Å². The summed E-state index contributed by atoms with van der Waals surface area (Å²) in [6, 6.07) is -0.158. The molecule has 0 amide bonds. The van der Waals surface area contributed by atoms with Gasteiger partial charge in [-0.25, -0.2) is 4.98 Å². The fourth-order valence-electron chi connectivity index (χ4n) is 1.20. The molecular formula is C9H13F3N2OS. The van der Waals surface area contributed by atoms with Gasteiger partial charge in [0.1, 0.15) is 11.6 Å². The lowest BCUT2D eigenvalue weighted by atomic mass is 10.2. The number of ether oxygens (including phenoxy) is 1. The van der Waals surface area contributed by atoms with Crippen molar-refractivity contribution in [2.75, 3.05) is 6.61 Å². The smallest absolute Gasteiger partial charge is 0.365 e. The number of nitrogens with zero attached hydrogens (tertiary/aromatic N) is 1. The number of hydrogen-bond donors (Lipinski definition) is 1. The molecule has 0 saturated carbocycles. The zero-order chi connectivity index (χ0) is 12.3. The van der Waals surface area contributed by atoms with Crippen LogP contribution in [0.15, 0.2) is 0 Å². The topological polar surface area (TPSA) is 48.1 Å². The van der Waals surface area contributed by atoms with Crippen LogP contribution in [0, 0.1) is 6.92 Å². The van der Waals surface area contributed by atoms with E-state index >= 15 is 0 Å². The van der Waals surface area contributed by atoms with Gasteiger partial charge in [-0.3, -0.25) is 0 Å². The molecular weight excluding hydrogens is 241 g/mol. The third-order valence-corrected chi connectivity index (χ3v) is 3.11. The lowest BCUT2D eigenvalue weighted by Crippen LogP contribution is -2.16. The number of aromatic nitrogens is 1. The van der Waals surface area contributed by atoms with Crippen molar-refractivity contribution in [3.63, 3.8) is 0 Å². The predicted molar refractivity (Wildman–Crippen MR) is 55.2 cm³/mol. The molecule has 0 aliphatic carbocycles. The normalized spacial score (nSPS) is 14.1. The minimum absolute atomic E-state index is 0.127. The van der Waals surface area contributed by atoms with Crippen molar-refractivity contribution in [2.45, 2.75) is 32.7 Å². The molecule has 92 valence electrons. The van der Waals surface area contributed by atoms with Gasteiger partial charge >= 0.3 is 6.18 Å². The number of hydrogen-bond acceptors (Lipinski definition) is 4. The summed E-state index contributed by atoms with van der Waals surface area (Å²) < 4.78 is 39.9. The molecule has 3 nitrogen and oxygen atoms in total. The van der Waals surface area contributed by atoms with Gasteiger partial charge in [-0.05, 0) is 13.8 Å². The molecule has 0 aliphatic heterocycles. The summed E-state index contributed by atoms with van der Waals surface area (Å²) in [4.78, 5) is 4.98. The van der Waals surface area contributed by atoms with Crippen LogP contribution in [0.25, 0.3) is 0 Å². The van der Waals surface area contributed by atoms with E-state index in [2.05, 4.69) is 9.72 Å². The summed E-state index contributed by atoms with van der Waals surface area (Å²) in [5.41, 5.74) is 6.43. The largest absolute Gasteiger partial charge is 0.411 e. The van der Waals surface area contributed by atoms with Crippen molar-refractivity contribution in [2.24, 2.45) is 5.73 Å². The van der Waals surface area contributed by atoms with Crippen molar-refractivity contribution in [3.8, 4) is 0 Å². The maximum absolute atomic E-state index is 11.8. The molecule has 0 aliphatic rings. The van der Waals surface area contributed by atoms with Gasteiger partial charge < -0.3 is 10.5 Å². The highest BCUT2D eigenvalue weighted by Crippen LogP contribution is 2.24. The zero-order valence-corrected chi connectivity index (χ0v) is 9.78. The Balaban J connectivity index is 2.52. The molecule has 0 saturated heterocycles.